The summed E-state index contributed by atoms with van der Waals surface area (Å²) in [5.74, 6) is 0. The molecule has 0 saturated carbocycles. The van der Waals surface area contributed by atoms with Crippen LogP contribution in [0.1, 0.15) is 0 Å². The van der Waals surface area contributed by atoms with E-state index in [2.05, 4.69) is 66.4 Å². The Bertz CT molecular complexity index is 240. The molecular weight excluding hydrogens is 181 g/mol. The van der Waals surface area contributed by atoms with Crippen LogP contribution in [0.3, 0.4) is 0 Å². The zero-order valence-corrected chi connectivity index (χ0v) is 9.57. The first-order valence-corrected chi connectivity index (χ1v) is 5.44. The number of aromatic nitrogens is 1. The largest absolute Gasteiger partial charge is 0.355 e. The highest BCUT2D eigenvalue weighted by molar-refractivity contribution is 7.45. The molecule has 1 heterocycles. The lowest BCUT2D eigenvalue weighted by molar-refractivity contribution is -0.521. The van der Waals surface area contributed by atoms with Crippen molar-refractivity contribution < 1.29 is 4.34 Å². The Morgan fingerprint density at radius 1 is 0.846 bits per heavy atom. The van der Waals surface area contributed by atoms with E-state index >= 15 is 0 Å². The fraction of sp³-hybridized carbons (Fsp3) is 0.444. The van der Waals surface area contributed by atoms with Crippen molar-refractivity contribution in [2.45, 2.75) is 0 Å². The van der Waals surface area contributed by atoms with Crippen LogP contribution in [-0.4, -0.2) is 37.5 Å². The number of nitrogens with zero attached hydrogens (tertiary/aromatic N) is 3. The summed E-state index contributed by atoms with van der Waals surface area (Å²) in [6.07, 6.45) is 4.21. The van der Waals surface area contributed by atoms with E-state index in [1.165, 1.54) is 0 Å². The fourth-order valence-corrected chi connectivity index (χ4v) is 3.21. The van der Waals surface area contributed by atoms with Crippen LogP contribution in [0.4, 0.5) is 0 Å². The topological polar surface area (TPSA) is 10.4 Å². The van der Waals surface area contributed by atoms with E-state index in [0.717, 1.165) is 0 Å². The lowest BCUT2D eigenvalue weighted by Crippen LogP contribution is -2.38. The van der Waals surface area contributed by atoms with Gasteiger partial charge >= 0.3 is 8.37 Å². The summed E-state index contributed by atoms with van der Waals surface area (Å²) in [6.45, 7) is 0. The highest BCUT2D eigenvalue weighted by atomic mass is 31.2. The van der Waals surface area contributed by atoms with Crippen LogP contribution < -0.4 is 4.34 Å². The molecule has 4 heteroatoms. The standard InChI is InChI=1S/C9H17N3P/c1-10(2)13(11(3)4)12-8-6-5-7-9-12/h5-9H,1-4H3/q+1. The predicted molar refractivity (Wildman–Crippen MR) is 56.3 cm³/mol. The van der Waals surface area contributed by atoms with Crippen LogP contribution in [0.2, 0.25) is 0 Å². The lowest BCUT2D eigenvalue weighted by atomic mass is 10.5. The van der Waals surface area contributed by atoms with Gasteiger partial charge in [-0.2, -0.15) is 4.34 Å². The molecule has 0 amide bonds. The molecule has 1 aromatic rings. The minimum atomic E-state index is -0.390. The molecule has 0 atom stereocenters. The van der Waals surface area contributed by atoms with Gasteiger partial charge in [0.05, 0.1) is 0 Å². The third kappa shape index (κ3) is 2.73. The van der Waals surface area contributed by atoms with E-state index in [-0.39, 0.29) is 0 Å². The Hall–Kier alpha value is -0.500. The Balaban J connectivity index is 2.89. The Morgan fingerprint density at radius 3 is 1.69 bits per heavy atom. The van der Waals surface area contributed by atoms with Crippen LogP contribution in [-0.2, 0) is 0 Å². The van der Waals surface area contributed by atoms with E-state index < -0.39 is 8.37 Å². The number of hydrogen-bond donors (Lipinski definition) is 0. The monoisotopic (exact) mass is 198 g/mol. The van der Waals surface area contributed by atoms with Gasteiger partial charge in [-0.3, -0.25) is 0 Å². The Kier molecular flexibility index (Phi) is 3.79. The van der Waals surface area contributed by atoms with E-state index in [9.17, 15) is 0 Å². The Labute approximate surface area is 81.5 Å². The van der Waals surface area contributed by atoms with Crippen LogP contribution in [0.5, 0.6) is 0 Å². The molecule has 0 N–H and O–H groups in total. The maximum Gasteiger partial charge on any atom is 0.355 e. The molecule has 0 unspecified atom stereocenters. The smallest absolute Gasteiger partial charge is 0.218 e. The molecular formula is C9H17N3P+. The number of rotatable bonds is 3. The molecule has 1 rings (SSSR count). The first-order chi connectivity index (χ1) is 6.13. The average Bonchev–Trinajstić information content (AvgIpc) is 2.04. The third-order valence-electron chi connectivity index (χ3n) is 1.62. The maximum atomic E-state index is 2.23. The molecule has 0 radical (unpaired) electrons. The molecule has 0 aliphatic carbocycles. The van der Waals surface area contributed by atoms with Gasteiger partial charge in [-0.25, -0.2) is 9.34 Å². The quantitative estimate of drug-likeness (QED) is 0.675. The summed E-state index contributed by atoms with van der Waals surface area (Å²) in [5.41, 5.74) is 0. The van der Waals surface area contributed by atoms with Gasteiger partial charge in [0.25, 0.3) is 0 Å². The van der Waals surface area contributed by atoms with Crippen molar-refractivity contribution in [3.63, 3.8) is 0 Å². The second-order valence-corrected chi connectivity index (χ2v) is 5.82. The first kappa shape index (κ1) is 10.6. The minimum absolute atomic E-state index is 0.390. The van der Waals surface area contributed by atoms with Crippen LogP contribution in [0, 0.1) is 0 Å². The molecule has 0 aliphatic heterocycles. The lowest BCUT2D eigenvalue weighted by Gasteiger charge is -2.21. The van der Waals surface area contributed by atoms with Crippen molar-refractivity contribution in [1.29, 1.82) is 0 Å². The van der Waals surface area contributed by atoms with E-state index in [4.69, 9.17) is 0 Å². The van der Waals surface area contributed by atoms with Crippen LogP contribution >= 0.6 is 8.37 Å². The highest BCUT2D eigenvalue weighted by Gasteiger charge is 2.25. The Morgan fingerprint density at radius 2 is 1.31 bits per heavy atom. The molecule has 13 heavy (non-hydrogen) atoms. The van der Waals surface area contributed by atoms with Gasteiger partial charge in [-0.1, -0.05) is 6.07 Å². The highest BCUT2D eigenvalue weighted by Crippen LogP contribution is 2.32. The van der Waals surface area contributed by atoms with Gasteiger partial charge in [0.1, 0.15) is 0 Å². The SMILES string of the molecule is CN(C)P(N(C)C)[n+]1ccccc1. The second kappa shape index (κ2) is 4.66. The van der Waals surface area contributed by atoms with E-state index in [1.54, 1.807) is 0 Å². The van der Waals surface area contributed by atoms with Gasteiger partial charge in [-0.15, -0.1) is 0 Å². The summed E-state index contributed by atoms with van der Waals surface area (Å²) >= 11 is 0. The molecule has 0 fully saturated rings. The van der Waals surface area contributed by atoms with Gasteiger partial charge in [0.2, 0.25) is 0 Å². The molecule has 0 spiro atoms. The van der Waals surface area contributed by atoms with Gasteiger partial charge in [0.15, 0.2) is 12.4 Å². The van der Waals surface area contributed by atoms with Crippen LogP contribution in [0.25, 0.3) is 0 Å². The molecule has 0 bridgehead atoms. The summed E-state index contributed by atoms with van der Waals surface area (Å²) in [7, 11) is 8.02. The molecule has 72 valence electrons. The summed E-state index contributed by atoms with van der Waals surface area (Å²) in [5, 5.41) is 0. The average molecular weight is 198 g/mol. The van der Waals surface area contributed by atoms with Gasteiger partial charge in [0, 0.05) is 12.1 Å². The molecule has 0 saturated heterocycles. The van der Waals surface area contributed by atoms with Crippen molar-refractivity contribution in [1.82, 2.24) is 9.34 Å². The van der Waals surface area contributed by atoms with Gasteiger partial charge in [-0.05, 0) is 28.2 Å². The fourth-order valence-electron chi connectivity index (χ4n) is 1.28. The van der Waals surface area contributed by atoms with E-state index in [0.29, 0.717) is 0 Å². The summed E-state index contributed by atoms with van der Waals surface area (Å²) < 4.78 is 6.69. The number of pyridine rings is 1. The third-order valence-corrected chi connectivity index (χ3v) is 3.73. The summed E-state index contributed by atoms with van der Waals surface area (Å²) in [4.78, 5) is 0. The predicted octanol–water partition coefficient (Wildman–Crippen LogP) is 1.17. The molecule has 1 aromatic heterocycles. The maximum absolute atomic E-state index is 2.23. The van der Waals surface area contributed by atoms with Crippen molar-refractivity contribution in [2.75, 3.05) is 28.2 Å². The van der Waals surface area contributed by atoms with Crippen molar-refractivity contribution in [3.8, 4) is 0 Å². The minimum Gasteiger partial charge on any atom is -0.218 e. The van der Waals surface area contributed by atoms with Crippen LogP contribution in [0.15, 0.2) is 30.6 Å². The normalized spacial score (nSPS) is 11.6. The molecule has 0 aliphatic rings. The number of hydrogen-bond acceptors (Lipinski definition) is 2. The second-order valence-electron chi connectivity index (χ2n) is 3.22. The van der Waals surface area contributed by atoms with E-state index in [1.807, 2.05) is 6.07 Å². The van der Waals surface area contributed by atoms with Gasteiger partial charge < -0.3 is 0 Å². The zero-order valence-electron chi connectivity index (χ0n) is 8.68. The summed E-state index contributed by atoms with van der Waals surface area (Å²) in [6, 6.07) is 6.15. The van der Waals surface area contributed by atoms with Crippen molar-refractivity contribution in [3.05, 3.63) is 30.6 Å². The molecule has 0 aromatic carbocycles. The molecule has 3 nitrogen and oxygen atoms in total. The zero-order chi connectivity index (χ0) is 9.84. The first-order valence-electron chi connectivity index (χ1n) is 4.24. The van der Waals surface area contributed by atoms with Crippen molar-refractivity contribution in [2.24, 2.45) is 0 Å². The van der Waals surface area contributed by atoms with Crippen molar-refractivity contribution >= 4 is 8.37 Å².